The summed E-state index contributed by atoms with van der Waals surface area (Å²) in [6.45, 7) is 0.589. The number of hydrogen-bond donors (Lipinski definition) is 1. The van der Waals surface area contributed by atoms with Crippen molar-refractivity contribution < 1.29 is 14.3 Å². The van der Waals surface area contributed by atoms with E-state index in [4.69, 9.17) is 16.3 Å². The first-order valence-corrected chi connectivity index (χ1v) is 8.40. The number of carbonyl (C=O) groups is 2. The largest absolute Gasteiger partial charge is 0.495 e. The molecule has 0 radical (unpaired) electrons. The Kier molecular flexibility index (Phi) is 5.24. The Morgan fingerprint density at radius 3 is 2.72 bits per heavy atom. The molecule has 1 N–H and O–H groups in total. The highest BCUT2D eigenvalue weighted by Crippen LogP contribution is 2.29. The van der Waals surface area contributed by atoms with Crippen LogP contribution in [0.25, 0.3) is 0 Å². The van der Waals surface area contributed by atoms with Gasteiger partial charge in [-0.25, -0.2) is 0 Å². The third kappa shape index (κ3) is 4.12. The number of halogens is 1. The molecule has 130 valence electrons. The molecule has 1 saturated heterocycles. The van der Waals surface area contributed by atoms with E-state index in [1.807, 2.05) is 30.3 Å². The van der Waals surface area contributed by atoms with E-state index in [1.165, 1.54) is 7.11 Å². The lowest BCUT2D eigenvalue weighted by atomic mass is 9.99. The highest BCUT2D eigenvalue weighted by Gasteiger charge is 2.31. The normalized spacial score (nSPS) is 16.8. The lowest BCUT2D eigenvalue weighted by Gasteiger charge is -2.16. The highest BCUT2D eigenvalue weighted by molar-refractivity contribution is 6.32. The minimum Gasteiger partial charge on any atom is -0.495 e. The van der Waals surface area contributed by atoms with Crippen molar-refractivity contribution in [3.05, 3.63) is 59.1 Å². The molecular weight excluding hydrogens is 340 g/mol. The first-order chi connectivity index (χ1) is 12.1. The number of rotatable bonds is 5. The molecule has 0 saturated carbocycles. The van der Waals surface area contributed by atoms with Crippen molar-refractivity contribution in [2.75, 3.05) is 25.5 Å². The maximum absolute atomic E-state index is 12.2. The predicted molar refractivity (Wildman–Crippen MR) is 97.0 cm³/mol. The Morgan fingerprint density at radius 1 is 1.28 bits per heavy atom. The molecule has 5 nitrogen and oxygen atoms in total. The fraction of sp³-hybridized carbons (Fsp3) is 0.263. The van der Waals surface area contributed by atoms with Crippen LogP contribution in [0.2, 0.25) is 5.02 Å². The molecule has 1 fully saturated rings. The maximum atomic E-state index is 12.2. The number of anilines is 1. The summed E-state index contributed by atoms with van der Waals surface area (Å²) in [4.78, 5) is 26.0. The van der Waals surface area contributed by atoms with E-state index in [0.717, 1.165) is 5.56 Å². The molecule has 0 unspecified atom stereocenters. The van der Waals surface area contributed by atoms with Crippen LogP contribution in [0.5, 0.6) is 5.75 Å². The Labute approximate surface area is 151 Å². The van der Waals surface area contributed by atoms with Crippen molar-refractivity contribution in [1.82, 2.24) is 4.90 Å². The molecule has 2 aromatic rings. The van der Waals surface area contributed by atoms with Crippen LogP contribution in [0.1, 0.15) is 17.9 Å². The average Bonchev–Trinajstić information content (AvgIpc) is 2.96. The van der Waals surface area contributed by atoms with Crippen LogP contribution in [0.15, 0.2) is 48.5 Å². The van der Waals surface area contributed by atoms with Gasteiger partial charge in [0, 0.05) is 24.6 Å². The number of nitrogens with zero attached hydrogens (tertiary/aromatic N) is 1. The maximum Gasteiger partial charge on any atom is 0.243 e. The van der Waals surface area contributed by atoms with Gasteiger partial charge in [0.2, 0.25) is 11.8 Å². The lowest BCUT2D eigenvalue weighted by molar-refractivity contribution is -0.131. The second-order valence-corrected chi connectivity index (χ2v) is 6.39. The van der Waals surface area contributed by atoms with Crippen LogP contribution in [0, 0.1) is 0 Å². The van der Waals surface area contributed by atoms with E-state index in [-0.39, 0.29) is 24.3 Å². The molecule has 0 bridgehead atoms. The Morgan fingerprint density at radius 2 is 2.04 bits per heavy atom. The number of hydrogen-bond acceptors (Lipinski definition) is 3. The molecule has 1 atom stereocenters. The zero-order valence-corrected chi connectivity index (χ0v) is 14.6. The zero-order valence-electron chi connectivity index (χ0n) is 13.9. The number of ether oxygens (including phenoxy) is 1. The number of carbonyl (C=O) groups excluding carboxylic acids is 2. The molecule has 0 spiro atoms. The third-order valence-electron chi connectivity index (χ3n) is 4.26. The highest BCUT2D eigenvalue weighted by atomic mass is 35.5. The van der Waals surface area contributed by atoms with E-state index in [9.17, 15) is 9.59 Å². The molecular formula is C19H19ClN2O3. The second kappa shape index (κ2) is 7.57. The number of benzene rings is 2. The number of likely N-dealkylation sites (tertiary alicyclic amines) is 1. The monoisotopic (exact) mass is 358 g/mol. The van der Waals surface area contributed by atoms with Gasteiger partial charge in [-0.3, -0.25) is 9.59 Å². The summed E-state index contributed by atoms with van der Waals surface area (Å²) >= 11 is 6.05. The SMILES string of the molecule is COc1ccc(NC(=O)CN2C[C@@H](c3ccccc3)CC2=O)cc1Cl. The van der Waals surface area contributed by atoms with Crippen molar-refractivity contribution >= 4 is 29.1 Å². The van der Waals surface area contributed by atoms with Gasteiger partial charge < -0.3 is 15.0 Å². The summed E-state index contributed by atoms with van der Waals surface area (Å²) in [7, 11) is 1.53. The summed E-state index contributed by atoms with van der Waals surface area (Å²) < 4.78 is 5.08. The fourth-order valence-electron chi connectivity index (χ4n) is 2.99. The summed E-state index contributed by atoms with van der Waals surface area (Å²) in [5.41, 5.74) is 1.70. The van der Waals surface area contributed by atoms with Crippen LogP contribution in [-0.4, -0.2) is 36.9 Å². The Balaban J connectivity index is 1.59. The van der Waals surface area contributed by atoms with Crippen molar-refractivity contribution in [2.45, 2.75) is 12.3 Å². The molecule has 2 amide bonds. The number of nitrogens with one attached hydrogen (secondary N) is 1. The first kappa shape index (κ1) is 17.3. The van der Waals surface area contributed by atoms with E-state index in [0.29, 0.717) is 29.4 Å². The molecule has 2 aromatic carbocycles. The van der Waals surface area contributed by atoms with Crippen LogP contribution < -0.4 is 10.1 Å². The smallest absolute Gasteiger partial charge is 0.243 e. The molecule has 1 heterocycles. The molecule has 6 heteroatoms. The van der Waals surface area contributed by atoms with Crippen LogP contribution in [0.3, 0.4) is 0 Å². The average molecular weight is 359 g/mol. The van der Waals surface area contributed by atoms with Crippen molar-refractivity contribution in [2.24, 2.45) is 0 Å². The van der Waals surface area contributed by atoms with Gasteiger partial charge in [-0.1, -0.05) is 41.9 Å². The Hall–Kier alpha value is -2.53. The second-order valence-electron chi connectivity index (χ2n) is 5.98. The number of amides is 2. The molecule has 1 aliphatic heterocycles. The lowest BCUT2D eigenvalue weighted by Crippen LogP contribution is -2.34. The van der Waals surface area contributed by atoms with Crippen LogP contribution >= 0.6 is 11.6 Å². The van der Waals surface area contributed by atoms with E-state index in [1.54, 1.807) is 23.1 Å². The van der Waals surface area contributed by atoms with Gasteiger partial charge >= 0.3 is 0 Å². The van der Waals surface area contributed by atoms with Crippen LogP contribution in [0.4, 0.5) is 5.69 Å². The quantitative estimate of drug-likeness (QED) is 0.892. The molecule has 1 aliphatic rings. The molecule has 25 heavy (non-hydrogen) atoms. The van der Waals surface area contributed by atoms with Gasteiger partial charge in [-0.15, -0.1) is 0 Å². The predicted octanol–water partition coefficient (Wildman–Crippen LogP) is 3.30. The summed E-state index contributed by atoms with van der Waals surface area (Å²) in [6, 6.07) is 14.9. The minimum absolute atomic E-state index is 0.00299. The van der Waals surface area contributed by atoms with Crippen molar-refractivity contribution in [1.29, 1.82) is 0 Å². The van der Waals surface area contributed by atoms with E-state index >= 15 is 0 Å². The standard InChI is InChI=1S/C19H19ClN2O3/c1-25-17-8-7-15(10-16(17)20)21-18(23)12-22-11-14(9-19(22)24)13-5-3-2-4-6-13/h2-8,10,14H,9,11-12H2,1H3,(H,21,23)/t14-/m0/s1. The van der Waals surface area contributed by atoms with Gasteiger partial charge in [-0.05, 0) is 23.8 Å². The number of methoxy groups -OCH3 is 1. The van der Waals surface area contributed by atoms with E-state index in [2.05, 4.69) is 5.32 Å². The molecule has 3 rings (SSSR count). The summed E-state index contributed by atoms with van der Waals surface area (Å²) in [5.74, 6) is 0.428. The van der Waals surface area contributed by atoms with Gasteiger partial charge in [0.05, 0.1) is 18.7 Å². The van der Waals surface area contributed by atoms with Gasteiger partial charge in [-0.2, -0.15) is 0 Å². The van der Waals surface area contributed by atoms with Gasteiger partial charge in [0.25, 0.3) is 0 Å². The minimum atomic E-state index is -0.247. The van der Waals surface area contributed by atoms with Crippen molar-refractivity contribution in [3.8, 4) is 5.75 Å². The van der Waals surface area contributed by atoms with Crippen molar-refractivity contribution in [3.63, 3.8) is 0 Å². The molecule has 0 aromatic heterocycles. The van der Waals surface area contributed by atoms with Crippen LogP contribution in [-0.2, 0) is 9.59 Å². The summed E-state index contributed by atoms with van der Waals surface area (Å²) in [5, 5.41) is 3.18. The Bertz CT molecular complexity index is 779. The first-order valence-electron chi connectivity index (χ1n) is 8.03. The fourth-order valence-corrected chi connectivity index (χ4v) is 3.25. The molecule has 0 aliphatic carbocycles. The van der Waals surface area contributed by atoms with Gasteiger partial charge in [0.1, 0.15) is 5.75 Å². The summed E-state index contributed by atoms with van der Waals surface area (Å²) in [6.07, 6.45) is 0.436. The topological polar surface area (TPSA) is 58.6 Å². The zero-order chi connectivity index (χ0) is 17.8. The van der Waals surface area contributed by atoms with E-state index < -0.39 is 0 Å². The third-order valence-corrected chi connectivity index (χ3v) is 4.55. The van der Waals surface area contributed by atoms with Gasteiger partial charge in [0.15, 0.2) is 0 Å².